The van der Waals surface area contributed by atoms with Crippen molar-refractivity contribution in [2.75, 3.05) is 13.2 Å². The molecule has 0 saturated carbocycles. The van der Waals surface area contributed by atoms with E-state index in [1.54, 1.807) is 0 Å². The zero-order valence-electron chi connectivity index (χ0n) is 50.6. The number of rotatable bonds is 57. The van der Waals surface area contributed by atoms with Gasteiger partial charge in [0.2, 0.25) is 0 Å². The van der Waals surface area contributed by atoms with E-state index in [0.29, 0.717) is 19.3 Å². The Kier molecular flexibility index (Phi) is 61.4. The summed E-state index contributed by atoms with van der Waals surface area (Å²) in [6.07, 6.45) is 91.9. The summed E-state index contributed by atoms with van der Waals surface area (Å²) in [6.45, 7) is 6.41. The lowest BCUT2D eigenvalue weighted by Gasteiger charge is -2.18. The van der Waals surface area contributed by atoms with E-state index >= 15 is 0 Å². The molecule has 0 aromatic rings. The SMILES string of the molecule is CC/C=C\C/C=C\C/C=C\C/C=C\C/C=C\C/C=C\CCC(=O)OC(COC(=O)CCCCCCC/C=C\C/C=C\CCCC)COC(=O)CCCCCCCCCCCCCC/C=C\C/C=C\C/C=C\CCCCCCC. The van der Waals surface area contributed by atoms with E-state index in [4.69, 9.17) is 14.2 Å². The van der Waals surface area contributed by atoms with E-state index in [9.17, 15) is 14.4 Å². The minimum absolute atomic E-state index is 0.117. The molecule has 0 spiro atoms. The number of esters is 3. The van der Waals surface area contributed by atoms with Crippen molar-refractivity contribution in [2.45, 2.75) is 290 Å². The highest BCUT2D eigenvalue weighted by molar-refractivity contribution is 5.71. The van der Waals surface area contributed by atoms with Crippen LogP contribution in [-0.4, -0.2) is 37.2 Å². The molecular formula is C72H118O6. The molecule has 0 aliphatic heterocycles. The Bertz CT molecular complexity index is 1670. The van der Waals surface area contributed by atoms with Crippen molar-refractivity contribution in [3.8, 4) is 0 Å². The third kappa shape index (κ3) is 62.4. The monoisotopic (exact) mass is 1080 g/mol. The van der Waals surface area contributed by atoms with Crippen molar-refractivity contribution in [3.63, 3.8) is 0 Å². The molecule has 6 nitrogen and oxygen atoms in total. The van der Waals surface area contributed by atoms with Crippen molar-refractivity contribution in [3.05, 3.63) is 134 Å². The summed E-state index contributed by atoms with van der Waals surface area (Å²) < 4.78 is 16.8. The largest absolute Gasteiger partial charge is 0.462 e. The van der Waals surface area contributed by atoms with Crippen LogP contribution in [0.25, 0.3) is 0 Å². The summed E-state index contributed by atoms with van der Waals surface area (Å²) in [5.74, 6) is -1.02. The summed E-state index contributed by atoms with van der Waals surface area (Å²) in [5, 5.41) is 0. The Morgan fingerprint density at radius 1 is 0.269 bits per heavy atom. The van der Waals surface area contributed by atoms with Gasteiger partial charge >= 0.3 is 17.9 Å². The second kappa shape index (κ2) is 65.1. The van der Waals surface area contributed by atoms with E-state index in [-0.39, 0.29) is 31.6 Å². The van der Waals surface area contributed by atoms with Gasteiger partial charge in [0.25, 0.3) is 0 Å². The lowest BCUT2D eigenvalue weighted by Crippen LogP contribution is -2.30. The number of carbonyl (C=O) groups excluding carboxylic acids is 3. The van der Waals surface area contributed by atoms with Gasteiger partial charge in [0.15, 0.2) is 6.10 Å². The van der Waals surface area contributed by atoms with E-state index in [1.807, 2.05) is 6.08 Å². The zero-order valence-corrected chi connectivity index (χ0v) is 50.6. The molecule has 0 fully saturated rings. The molecule has 0 aliphatic carbocycles. The van der Waals surface area contributed by atoms with Gasteiger partial charge in [-0.1, -0.05) is 276 Å². The summed E-state index contributed by atoms with van der Waals surface area (Å²) in [6, 6.07) is 0. The Balaban J connectivity index is 4.42. The summed E-state index contributed by atoms with van der Waals surface area (Å²) >= 11 is 0. The molecule has 0 heterocycles. The molecular weight excluding hydrogens is 961 g/mol. The number of allylic oxidation sites excluding steroid dienone is 22. The highest BCUT2D eigenvalue weighted by atomic mass is 16.6. The number of carbonyl (C=O) groups is 3. The molecule has 6 heteroatoms. The lowest BCUT2D eigenvalue weighted by molar-refractivity contribution is -0.166. The summed E-state index contributed by atoms with van der Waals surface area (Å²) in [4.78, 5) is 38.3. The van der Waals surface area contributed by atoms with Crippen LogP contribution < -0.4 is 0 Å². The predicted molar refractivity (Wildman–Crippen MR) is 339 cm³/mol. The smallest absolute Gasteiger partial charge is 0.306 e. The van der Waals surface area contributed by atoms with Gasteiger partial charge in [0.05, 0.1) is 0 Å². The van der Waals surface area contributed by atoms with Gasteiger partial charge in [-0.05, 0) is 122 Å². The maximum atomic E-state index is 12.9. The molecule has 1 unspecified atom stereocenters. The molecule has 442 valence electrons. The molecule has 0 bridgehead atoms. The second-order valence-electron chi connectivity index (χ2n) is 20.9. The molecule has 0 aromatic heterocycles. The third-order valence-electron chi connectivity index (χ3n) is 13.4. The molecule has 0 aliphatic rings. The maximum Gasteiger partial charge on any atom is 0.306 e. The summed E-state index contributed by atoms with van der Waals surface area (Å²) in [5.41, 5.74) is 0. The van der Waals surface area contributed by atoms with Gasteiger partial charge in [-0.15, -0.1) is 0 Å². The van der Waals surface area contributed by atoms with Crippen molar-refractivity contribution in [2.24, 2.45) is 0 Å². The van der Waals surface area contributed by atoms with Crippen molar-refractivity contribution in [1.82, 2.24) is 0 Å². The Labute approximate surface area is 481 Å². The van der Waals surface area contributed by atoms with Gasteiger partial charge in [-0.3, -0.25) is 14.4 Å². The van der Waals surface area contributed by atoms with E-state index < -0.39 is 12.1 Å². The van der Waals surface area contributed by atoms with Crippen LogP contribution in [0, 0.1) is 0 Å². The highest BCUT2D eigenvalue weighted by Gasteiger charge is 2.19. The van der Waals surface area contributed by atoms with Gasteiger partial charge in [-0.2, -0.15) is 0 Å². The van der Waals surface area contributed by atoms with E-state index in [1.165, 1.54) is 122 Å². The van der Waals surface area contributed by atoms with Crippen LogP contribution in [0.2, 0.25) is 0 Å². The Morgan fingerprint density at radius 2 is 0.538 bits per heavy atom. The normalized spacial score (nSPS) is 13.0. The van der Waals surface area contributed by atoms with Gasteiger partial charge in [0.1, 0.15) is 13.2 Å². The number of ether oxygens (including phenoxy) is 3. The van der Waals surface area contributed by atoms with Crippen LogP contribution in [0.1, 0.15) is 284 Å². The molecule has 0 rings (SSSR count). The predicted octanol–water partition coefficient (Wildman–Crippen LogP) is 22.2. The number of hydrogen-bond acceptors (Lipinski definition) is 6. The molecule has 1 atom stereocenters. The average Bonchev–Trinajstić information content (AvgIpc) is 3.44. The van der Waals surface area contributed by atoms with Crippen LogP contribution in [0.4, 0.5) is 0 Å². The fourth-order valence-electron chi connectivity index (χ4n) is 8.55. The molecule has 0 N–H and O–H groups in total. The van der Waals surface area contributed by atoms with Gasteiger partial charge in [0, 0.05) is 19.3 Å². The zero-order chi connectivity index (χ0) is 56.4. The fraction of sp³-hybridized carbons (Fsp3) is 0.653. The Morgan fingerprint density at radius 3 is 0.872 bits per heavy atom. The maximum absolute atomic E-state index is 12.9. The third-order valence-corrected chi connectivity index (χ3v) is 13.4. The number of hydrogen-bond donors (Lipinski definition) is 0. The first-order valence-corrected chi connectivity index (χ1v) is 32.2. The quantitative estimate of drug-likeness (QED) is 0.0261. The molecule has 78 heavy (non-hydrogen) atoms. The lowest BCUT2D eigenvalue weighted by atomic mass is 10.0. The fourth-order valence-corrected chi connectivity index (χ4v) is 8.55. The van der Waals surface area contributed by atoms with Crippen LogP contribution in [-0.2, 0) is 28.6 Å². The van der Waals surface area contributed by atoms with Crippen LogP contribution in [0.15, 0.2) is 134 Å². The molecule has 0 amide bonds. The van der Waals surface area contributed by atoms with E-state index in [2.05, 4.69) is 148 Å². The summed E-state index contributed by atoms with van der Waals surface area (Å²) in [7, 11) is 0. The highest BCUT2D eigenvalue weighted by Crippen LogP contribution is 2.15. The second-order valence-corrected chi connectivity index (χ2v) is 20.9. The number of unbranched alkanes of at least 4 members (excludes halogenated alkanes) is 24. The first kappa shape index (κ1) is 73.5. The molecule has 0 saturated heterocycles. The van der Waals surface area contributed by atoms with Gasteiger partial charge < -0.3 is 14.2 Å². The van der Waals surface area contributed by atoms with E-state index in [0.717, 1.165) is 116 Å². The Hall–Kier alpha value is -4.45. The minimum atomic E-state index is -0.831. The van der Waals surface area contributed by atoms with Crippen molar-refractivity contribution >= 4 is 17.9 Å². The van der Waals surface area contributed by atoms with Crippen molar-refractivity contribution in [1.29, 1.82) is 0 Å². The topological polar surface area (TPSA) is 78.9 Å². The van der Waals surface area contributed by atoms with Crippen LogP contribution in [0.3, 0.4) is 0 Å². The molecule has 0 radical (unpaired) electrons. The first-order valence-electron chi connectivity index (χ1n) is 32.2. The molecule has 0 aromatic carbocycles. The average molecular weight is 1080 g/mol. The first-order chi connectivity index (χ1) is 38.5. The van der Waals surface area contributed by atoms with Crippen LogP contribution >= 0.6 is 0 Å². The van der Waals surface area contributed by atoms with Crippen molar-refractivity contribution < 1.29 is 28.6 Å². The van der Waals surface area contributed by atoms with Crippen LogP contribution in [0.5, 0.6) is 0 Å². The van der Waals surface area contributed by atoms with Gasteiger partial charge in [-0.25, -0.2) is 0 Å². The minimum Gasteiger partial charge on any atom is -0.462 e. The standard InChI is InChI=1S/C72H118O6/c1-4-7-10-13-16-19-22-25-28-30-32-33-34-35-36-37-38-39-41-42-44-47-50-53-56-59-62-65-71(74)77-68-69(67-76-70(73)64-61-58-55-52-49-46-27-24-21-18-15-12-9-6-3)78-72(75)66-63-60-57-54-51-48-45-43-40-31-29-26-23-20-17-14-11-8-5-2/h8,11,15,17-18,20,22,24-27,29-30,32,34-35,40,43,48,51,57,60,69H,4-7,9-10,12-14,16,19,21,23,28,31,33,36-39,41-42,44-47,49-50,52-56,58-59,61-68H2,1-3H3/b11-8-,18-15-,20-17-,25-22-,27-24-,29-26-,32-30-,35-34-,43-40-,51-48-,60-57-.